The third-order valence-electron chi connectivity index (χ3n) is 5.56. The molecule has 1 saturated carbocycles. The van der Waals surface area contributed by atoms with Gasteiger partial charge in [-0.2, -0.15) is 0 Å². The molecule has 2 aliphatic rings. The van der Waals surface area contributed by atoms with E-state index in [2.05, 4.69) is 5.32 Å². The molecule has 2 aromatic rings. The van der Waals surface area contributed by atoms with Gasteiger partial charge in [0.05, 0.1) is 5.92 Å². The first kappa shape index (κ1) is 17.7. The molecule has 1 N–H and O–H groups in total. The number of carbonyl (C=O) groups is 2. The average Bonchev–Trinajstić information content (AvgIpc) is 3.49. The SMILES string of the molecule is O=C(Nc1ccccc1)C1CCCN(C(=O)C2CC2c2ccccc2F)C1. The van der Waals surface area contributed by atoms with E-state index in [-0.39, 0.29) is 35.4 Å². The molecule has 2 aromatic carbocycles. The van der Waals surface area contributed by atoms with E-state index in [0.717, 1.165) is 18.5 Å². The largest absolute Gasteiger partial charge is 0.342 e. The fourth-order valence-corrected chi connectivity index (χ4v) is 3.98. The number of amides is 2. The van der Waals surface area contributed by atoms with E-state index in [1.54, 1.807) is 17.0 Å². The highest BCUT2D eigenvalue weighted by atomic mass is 19.1. The van der Waals surface area contributed by atoms with Crippen molar-refractivity contribution in [3.63, 3.8) is 0 Å². The van der Waals surface area contributed by atoms with Gasteiger partial charge in [-0.25, -0.2) is 4.39 Å². The second-order valence-electron chi connectivity index (χ2n) is 7.45. The van der Waals surface area contributed by atoms with Crippen molar-refractivity contribution in [1.29, 1.82) is 0 Å². The van der Waals surface area contributed by atoms with Gasteiger partial charge < -0.3 is 10.2 Å². The van der Waals surface area contributed by atoms with Crippen LogP contribution in [0.2, 0.25) is 0 Å². The molecule has 4 rings (SSSR count). The molecule has 0 radical (unpaired) electrons. The lowest BCUT2D eigenvalue weighted by atomic mass is 9.96. The Kier molecular flexibility index (Phi) is 4.92. The number of rotatable bonds is 4. The zero-order valence-electron chi connectivity index (χ0n) is 15.1. The van der Waals surface area contributed by atoms with Gasteiger partial charge in [0.25, 0.3) is 0 Å². The van der Waals surface area contributed by atoms with Gasteiger partial charge in [0.15, 0.2) is 0 Å². The van der Waals surface area contributed by atoms with E-state index in [4.69, 9.17) is 0 Å². The Hall–Kier alpha value is -2.69. The molecule has 2 amide bonds. The molecule has 1 saturated heterocycles. The molecule has 27 heavy (non-hydrogen) atoms. The smallest absolute Gasteiger partial charge is 0.229 e. The number of nitrogens with zero attached hydrogens (tertiary/aromatic N) is 1. The molecule has 0 bridgehead atoms. The van der Waals surface area contributed by atoms with Gasteiger partial charge >= 0.3 is 0 Å². The van der Waals surface area contributed by atoms with Crippen LogP contribution in [-0.2, 0) is 9.59 Å². The molecule has 2 fully saturated rings. The van der Waals surface area contributed by atoms with Crippen LogP contribution in [0.5, 0.6) is 0 Å². The summed E-state index contributed by atoms with van der Waals surface area (Å²) in [6.07, 6.45) is 2.29. The molecule has 1 aliphatic heterocycles. The predicted octanol–water partition coefficient (Wildman–Crippen LogP) is 3.81. The Bertz CT molecular complexity index is 839. The van der Waals surface area contributed by atoms with Gasteiger partial charge in [-0.3, -0.25) is 9.59 Å². The lowest BCUT2D eigenvalue weighted by Crippen LogP contribution is -2.44. The van der Waals surface area contributed by atoms with Crippen LogP contribution < -0.4 is 5.32 Å². The van der Waals surface area contributed by atoms with Crippen LogP contribution in [0.15, 0.2) is 54.6 Å². The molecule has 4 nitrogen and oxygen atoms in total. The number of piperidine rings is 1. The van der Waals surface area contributed by atoms with Crippen molar-refractivity contribution in [2.24, 2.45) is 11.8 Å². The Balaban J connectivity index is 1.36. The second kappa shape index (κ2) is 7.51. The van der Waals surface area contributed by atoms with Crippen molar-refractivity contribution in [3.8, 4) is 0 Å². The zero-order chi connectivity index (χ0) is 18.8. The first-order valence-corrected chi connectivity index (χ1v) is 9.52. The van der Waals surface area contributed by atoms with E-state index < -0.39 is 0 Å². The maximum absolute atomic E-state index is 14.0. The minimum atomic E-state index is -0.239. The molecule has 1 heterocycles. The molecule has 3 atom stereocenters. The van der Waals surface area contributed by atoms with Gasteiger partial charge in [0.2, 0.25) is 11.8 Å². The van der Waals surface area contributed by atoms with Gasteiger partial charge in [-0.15, -0.1) is 0 Å². The Labute approximate surface area is 158 Å². The normalized spacial score (nSPS) is 24.3. The maximum atomic E-state index is 14.0. The fourth-order valence-electron chi connectivity index (χ4n) is 3.98. The summed E-state index contributed by atoms with van der Waals surface area (Å²) in [7, 11) is 0. The molecule has 3 unspecified atom stereocenters. The summed E-state index contributed by atoms with van der Waals surface area (Å²) in [4.78, 5) is 27.2. The van der Waals surface area contributed by atoms with Gasteiger partial charge in [-0.05, 0) is 48.9 Å². The maximum Gasteiger partial charge on any atom is 0.229 e. The quantitative estimate of drug-likeness (QED) is 0.895. The number of carbonyl (C=O) groups excluding carboxylic acids is 2. The highest BCUT2D eigenvalue weighted by Crippen LogP contribution is 2.49. The zero-order valence-corrected chi connectivity index (χ0v) is 15.1. The monoisotopic (exact) mass is 366 g/mol. The summed E-state index contributed by atoms with van der Waals surface area (Å²) in [6, 6.07) is 16.0. The molecular formula is C22H23FN2O2. The minimum Gasteiger partial charge on any atom is -0.342 e. The molecule has 0 spiro atoms. The number of benzene rings is 2. The third-order valence-corrected chi connectivity index (χ3v) is 5.56. The standard InChI is InChI=1S/C22H23FN2O2/c23-20-11-5-4-10-17(20)18-13-19(18)22(27)25-12-6-7-15(14-25)21(26)24-16-8-2-1-3-9-16/h1-5,8-11,15,18-19H,6-7,12-14H2,(H,24,26). The highest BCUT2D eigenvalue weighted by molar-refractivity contribution is 5.93. The highest BCUT2D eigenvalue weighted by Gasteiger charge is 2.47. The van der Waals surface area contributed by atoms with Crippen LogP contribution in [-0.4, -0.2) is 29.8 Å². The first-order valence-electron chi connectivity index (χ1n) is 9.52. The minimum absolute atomic E-state index is 0.0304. The van der Waals surface area contributed by atoms with Crippen LogP contribution in [0.1, 0.15) is 30.7 Å². The number of halogens is 1. The van der Waals surface area contributed by atoms with E-state index in [1.165, 1.54) is 6.07 Å². The third kappa shape index (κ3) is 3.87. The average molecular weight is 366 g/mol. The fraction of sp³-hybridized carbons (Fsp3) is 0.364. The van der Waals surface area contributed by atoms with Crippen molar-refractivity contribution in [3.05, 3.63) is 66.0 Å². The Morgan fingerprint density at radius 1 is 1.04 bits per heavy atom. The molecule has 5 heteroatoms. The number of likely N-dealkylation sites (tertiary alicyclic amines) is 1. The molecular weight excluding hydrogens is 343 g/mol. The summed E-state index contributed by atoms with van der Waals surface area (Å²) in [6.45, 7) is 1.12. The van der Waals surface area contributed by atoms with E-state index in [1.807, 2.05) is 36.4 Å². The predicted molar refractivity (Wildman–Crippen MR) is 102 cm³/mol. The Morgan fingerprint density at radius 2 is 1.78 bits per heavy atom. The van der Waals surface area contributed by atoms with Gasteiger partial charge in [0.1, 0.15) is 5.82 Å². The lowest BCUT2D eigenvalue weighted by molar-refractivity contribution is -0.135. The van der Waals surface area contributed by atoms with Crippen molar-refractivity contribution in [1.82, 2.24) is 4.90 Å². The Morgan fingerprint density at radius 3 is 2.56 bits per heavy atom. The van der Waals surface area contributed by atoms with Crippen LogP contribution in [0.25, 0.3) is 0 Å². The van der Waals surface area contributed by atoms with Crippen molar-refractivity contribution >= 4 is 17.5 Å². The van der Waals surface area contributed by atoms with E-state index >= 15 is 0 Å². The molecule has 140 valence electrons. The topological polar surface area (TPSA) is 49.4 Å². The molecule has 0 aromatic heterocycles. The van der Waals surface area contributed by atoms with E-state index in [0.29, 0.717) is 25.1 Å². The van der Waals surface area contributed by atoms with Gasteiger partial charge in [0, 0.05) is 24.7 Å². The van der Waals surface area contributed by atoms with Crippen LogP contribution in [0.4, 0.5) is 10.1 Å². The number of nitrogens with one attached hydrogen (secondary N) is 1. The van der Waals surface area contributed by atoms with Gasteiger partial charge in [-0.1, -0.05) is 36.4 Å². The van der Waals surface area contributed by atoms with Crippen molar-refractivity contribution < 1.29 is 14.0 Å². The van der Waals surface area contributed by atoms with Crippen molar-refractivity contribution in [2.45, 2.75) is 25.2 Å². The second-order valence-corrected chi connectivity index (χ2v) is 7.45. The summed E-state index contributed by atoms with van der Waals surface area (Å²) in [5, 5.41) is 2.93. The summed E-state index contributed by atoms with van der Waals surface area (Å²) in [5.41, 5.74) is 1.40. The summed E-state index contributed by atoms with van der Waals surface area (Å²) >= 11 is 0. The number of anilines is 1. The number of hydrogen-bond donors (Lipinski definition) is 1. The lowest BCUT2D eigenvalue weighted by Gasteiger charge is -2.32. The summed E-state index contributed by atoms with van der Waals surface area (Å²) in [5.74, 6) is -0.610. The van der Waals surface area contributed by atoms with Crippen LogP contribution in [0.3, 0.4) is 0 Å². The number of para-hydroxylation sites is 1. The number of hydrogen-bond acceptors (Lipinski definition) is 2. The molecule has 1 aliphatic carbocycles. The summed E-state index contributed by atoms with van der Waals surface area (Å²) < 4.78 is 14.0. The van der Waals surface area contributed by atoms with E-state index in [9.17, 15) is 14.0 Å². The van der Waals surface area contributed by atoms with Crippen molar-refractivity contribution in [2.75, 3.05) is 18.4 Å². The van der Waals surface area contributed by atoms with Crippen LogP contribution in [0, 0.1) is 17.7 Å². The first-order chi connectivity index (χ1) is 13.1. The van der Waals surface area contributed by atoms with Crippen LogP contribution >= 0.6 is 0 Å².